The highest BCUT2D eigenvalue weighted by atomic mass is 16.3. The molecule has 0 heterocycles. The molecule has 0 aliphatic carbocycles. The average molecular weight is 288 g/mol. The molecule has 3 N–H and O–H groups in total. The largest absolute Gasteiger partial charge is 0.508 e. The highest BCUT2D eigenvalue weighted by molar-refractivity contribution is 5.48. The monoisotopic (exact) mass is 288 g/mol. The van der Waals surface area contributed by atoms with E-state index in [0.29, 0.717) is 17.5 Å². The number of phenolic OH excluding ortho intramolecular Hbond substituents is 1. The predicted molar refractivity (Wildman–Crippen MR) is 81.0 cm³/mol. The smallest absolute Gasteiger partial charge is 0.138 e. The van der Waals surface area contributed by atoms with Gasteiger partial charge in [0.25, 0.3) is 0 Å². The summed E-state index contributed by atoms with van der Waals surface area (Å²) < 4.78 is 0. The van der Waals surface area contributed by atoms with Crippen molar-refractivity contribution < 1.29 is 20.1 Å². The topological polar surface area (TPSA) is 77.8 Å². The van der Waals surface area contributed by atoms with Crippen LogP contribution >= 0.6 is 0 Å². The van der Waals surface area contributed by atoms with Crippen LogP contribution in [0.2, 0.25) is 0 Å². The molecule has 0 amide bonds. The van der Waals surface area contributed by atoms with Gasteiger partial charge in [-0.05, 0) is 23.3 Å². The number of carbonyl (C=O) groups excluding carboxylic acids is 1. The molecule has 2 aromatic rings. The van der Waals surface area contributed by atoms with Crippen LogP contribution in [-0.2, 0) is 10.4 Å². The standard InChI is InChI=1S/C14H14O3.C3H6O/c15-10-14(17,11-4-2-1-3-5-11)12-6-8-13(16)9-7-12;1-2-3-4/h1-9,15-17H,10H2;3H,2H2,1H3/t14-;/m0./s1. The van der Waals surface area contributed by atoms with Gasteiger partial charge in [-0.3, -0.25) is 0 Å². The number of phenols is 1. The first-order valence-electron chi connectivity index (χ1n) is 6.70. The van der Waals surface area contributed by atoms with Crippen molar-refractivity contribution in [1.29, 1.82) is 0 Å². The van der Waals surface area contributed by atoms with Gasteiger partial charge in [0.2, 0.25) is 0 Å². The fraction of sp³-hybridized carbons (Fsp3) is 0.235. The molecule has 2 rings (SSSR count). The van der Waals surface area contributed by atoms with E-state index in [1.807, 2.05) is 13.0 Å². The molecule has 0 unspecified atom stereocenters. The van der Waals surface area contributed by atoms with E-state index >= 15 is 0 Å². The predicted octanol–water partition coefficient (Wildman–Crippen LogP) is 2.22. The third kappa shape index (κ3) is 4.41. The van der Waals surface area contributed by atoms with Crippen LogP contribution in [-0.4, -0.2) is 28.2 Å². The molecule has 0 radical (unpaired) electrons. The van der Waals surface area contributed by atoms with Gasteiger partial charge in [-0.25, -0.2) is 0 Å². The zero-order valence-corrected chi connectivity index (χ0v) is 11.9. The molecular weight excluding hydrogens is 268 g/mol. The number of carbonyl (C=O) groups is 1. The Balaban J connectivity index is 0.000000491. The average Bonchev–Trinajstić information content (AvgIpc) is 2.56. The minimum Gasteiger partial charge on any atom is -0.508 e. The molecule has 1 atom stereocenters. The minimum atomic E-state index is -1.44. The third-order valence-electron chi connectivity index (χ3n) is 2.99. The Labute approximate surface area is 124 Å². The second kappa shape index (κ2) is 8.19. The molecule has 4 nitrogen and oxygen atoms in total. The Bertz CT molecular complexity index is 536. The van der Waals surface area contributed by atoms with Gasteiger partial charge in [0, 0.05) is 6.42 Å². The van der Waals surface area contributed by atoms with E-state index in [2.05, 4.69) is 0 Å². The summed E-state index contributed by atoms with van der Waals surface area (Å²) in [5.41, 5.74) is -0.271. The molecule has 0 saturated carbocycles. The Kier molecular flexibility index (Phi) is 6.59. The van der Waals surface area contributed by atoms with Crippen molar-refractivity contribution in [1.82, 2.24) is 0 Å². The zero-order valence-electron chi connectivity index (χ0n) is 11.9. The van der Waals surface area contributed by atoms with E-state index in [1.54, 1.807) is 36.4 Å². The molecule has 21 heavy (non-hydrogen) atoms. The van der Waals surface area contributed by atoms with Crippen LogP contribution in [0.3, 0.4) is 0 Å². The molecular formula is C17H20O4. The lowest BCUT2D eigenvalue weighted by molar-refractivity contribution is -0.107. The van der Waals surface area contributed by atoms with Gasteiger partial charge in [0.05, 0.1) is 6.61 Å². The van der Waals surface area contributed by atoms with Crippen LogP contribution in [0.15, 0.2) is 54.6 Å². The quantitative estimate of drug-likeness (QED) is 0.754. The SMILES string of the molecule is CCC=O.OC[C@](O)(c1ccccc1)c1ccc(O)cc1. The number of aliphatic hydroxyl groups is 2. The van der Waals surface area contributed by atoms with E-state index in [4.69, 9.17) is 0 Å². The summed E-state index contributed by atoms with van der Waals surface area (Å²) in [6.07, 6.45) is 1.51. The van der Waals surface area contributed by atoms with Gasteiger partial charge >= 0.3 is 0 Å². The molecule has 0 spiro atoms. The second-order valence-electron chi connectivity index (χ2n) is 4.51. The van der Waals surface area contributed by atoms with Crippen LogP contribution in [0.5, 0.6) is 5.75 Å². The second-order valence-corrected chi connectivity index (χ2v) is 4.51. The number of aliphatic hydroxyl groups excluding tert-OH is 1. The van der Waals surface area contributed by atoms with Crippen molar-refractivity contribution in [2.45, 2.75) is 18.9 Å². The summed E-state index contributed by atoms with van der Waals surface area (Å²) >= 11 is 0. The Morgan fingerprint density at radius 1 is 1.00 bits per heavy atom. The minimum absolute atomic E-state index is 0.127. The molecule has 0 aliphatic heterocycles. The molecule has 2 aromatic carbocycles. The summed E-state index contributed by atoms with van der Waals surface area (Å²) in [5.74, 6) is 0.127. The van der Waals surface area contributed by atoms with Crippen molar-refractivity contribution in [3.05, 3.63) is 65.7 Å². The normalized spacial score (nSPS) is 12.7. The molecule has 0 fully saturated rings. The zero-order chi connectivity index (χ0) is 15.7. The van der Waals surface area contributed by atoms with E-state index in [-0.39, 0.29) is 5.75 Å². The van der Waals surface area contributed by atoms with E-state index in [1.165, 1.54) is 12.1 Å². The maximum Gasteiger partial charge on any atom is 0.138 e. The lowest BCUT2D eigenvalue weighted by atomic mass is 9.87. The lowest BCUT2D eigenvalue weighted by Gasteiger charge is -2.27. The summed E-state index contributed by atoms with van der Waals surface area (Å²) in [6.45, 7) is 1.40. The van der Waals surface area contributed by atoms with Crippen LogP contribution in [0.25, 0.3) is 0 Å². The van der Waals surface area contributed by atoms with E-state index < -0.39 is 12.2 Å². The summed E-state index contributed by atoms with van der Waals surface area (Å²) in [5, 5.41) is 29.2. The van der Waals surface area contributed by atoms with Crippen LogP contribution in [0.4, 0.5) is 0 Å². The highest BCUT2D eigenvalue weighted by Crippen LogP contribution is 2.29. The third-order valence-corrected chi connectivity index (χ3v) is 2.99. The van der Waals surface area contributed by atoms with Crippen molar-refractivity contribution in [2.24, 2.45) is 0 Å². The van der Waals surface area contributed by atoms with Gasteiger partial charge in [0.1, 0.15) is 17.6 Å². The van der Waals surface area contributed by atoms with E-state index in [9.17, 15) is 20.1 Å². The molecule has 4 heteroatoms. The van der Waals surface area contributed by atoms with Gasteiger partial charge < -0.3 is 20.1 Å². The van der Waals surface area contributed by atoms with Crippen LogP contribution < -0.4 is 0 Å². The van der Waals surface area contributed by atoms with Crippen molar-refractivity contribution >= 4 is 6.29 Å². The van der Waals surface area contributed by atoms with E-state index in [0.717, 1.165) is 6.29 Å². The summed E-state index contributed by atoms with van der Waals surface area (Å²) in [4.78, 5) is 9.17. The van der Waals surface area contributed by atoms with Crippen LogP contribution in [0, 0.1) is 0 Å². The van der Waals surface area contributed by atoms with Gasteiger partial charge in [-0.2, -0.15) is 0 Å². The Morgan fingerprint density at radius 3 is 1.90 bits per heavy atom. The molecule has 0 bridgehead atoms. The fourth-order valence-electron chi connectivity index (χ4n) is 1.80. The Morgan fingerprint density at radius 2 is 1.48 bits per heavy atom. The maximum atomic E-state index is 10.5. The number of rotatable bonds is 4. The summed E-state index contributed by atoms with van der Waals surface area (Å²) in [6, 6.07) is 15.1. The lowest BCUT2D eigenvalue weighted by Crippen LogP contribution is -2.31. The summed E-state index contributed by atoms with van der Waals surface area (Å²) in [7, 11) is 0. The van der Waals surface area contributed by atoms with Crippen molar-refractivity contribution in [3.8, 4) is 5.75 Å². The van der Waals surface area contributed by atoms with Gasteiger partial charge in [-0.15, -0.1) is 0 Å². The number of benzene rings is 2. The van der Waals surface area contributed by atoms with Crippen molar-refractivity contribution in [3.63, 3.8) is 0 Å². The first-order chi connectivity index (χ1) is 10.1. The number of aldehydes is 1. The first kappa shape index (κ1) is 16.9. The highest BCUT2D eigenvalue weighted by Gasteiger charge is 2.30. The number of aromatic hydroxyl groups is 1. The molecule has 112 valence electrons. The van der Waals surface area contributed by atoms with Crippen LogP contribution in [0.1, 0.15) is 24.5 Å². The number of hydrogen-bond donors (Lipinski definition) is 3. The first-order valence-corrected chi connectivity index (χ1v) is 6.70. The molecule has 0 aromatic heterocycles. The van der Waals surface area contributed by atoms with Gasteiger partial charge in [-0.1, -0.05) is 49.4 Å². The molecule has 0 saturated heterocycles. The van der Waals surface area contributed by atoms with Gasteiger partial charge in [0.15, 0.2) is 0 Å². The molecule has 0 aliphatic rings. The maximum absolute atomic E-state index is 10.5. The fourth-order valence-corrected chi connectivity index (χ4v) is 1.80. The van der Waals surface area contributed by atoms with Crippen molar-refractivity contribution in [2.75, 3.05) is 6.61 Å². The number of hydrogen-bond acceptors (Lipinski definition) is 4. The Hall–Kier alpha value is -2.17.